The number of hydrazine groups is 1. The Bertz CT molecular complexity index is 750. The first kappa shape index (κ1) is 18.4. The van der Waals surface area contributed by atoms with Crippen molar-refractivity contribution in [3.63, 3.8) is 0 Å². The normalized spacial score (nSPS) is 9.92. The van der Waals surface area contributed by atoms with Gasteiger partial charge in [0, 0.05) is 4.47 Å². The van der Waals surface area contributed by atoms with Crippen molar-refractivity contribution in [3.05, 3.63) is 50.6 Å². The summed E-state index contributed by atoms with van der Waals surface area (Å²) in [4.78, 5) is 24.0. The van der Waals surface area contributed by atoms with Crippen LogP contribution in [0.15, 0.2) is 40.2 Å². The van der Waals surface area contributed by atoms with Gasteiger partial charge in [0.25, 0.3) is 11.8 Å². The number of nitrogens with one attached hydrogen (secondary N) is 3. The summed E-state index contributed by atoms with van der Waals surface area (Å²) in [6, 6.07) is 8.85. The fraction of sp³-hybridized carbons (Fsp3) is 0.133. The number of rotatable bonds is 4. The van der Waals surface area contributed by atoms with Gasteiger partial charge in [0.1, 0.15) is 5.75 Å². The highest BCUT2D eigenvalue weighted by atomic mass is 79.9. The van der Waals surface area contributed by atoms with E-state index in [1.807, 2.05) is 19.1 Å². The smallest absolute Gasteiger partial charge is 0.276 e. The maximum absolute atomic E-state index is 11.8. The average molecular weight is 428 g/mol. The van der Waals surface area contributed by atoms with E-state index in [9.17, 15) is 9.59 Å². The van der Waals surface area contributed by atoms with Gasteiger partial charge in [-0.15, -0.1) is 11.3 Å². The van der Waals surface area contributed by atoms with Crippen LogP contribution in [0.3, 0.4) is 0 Å². The van der Waals surface area contributed by atoms with Crippen LogP contribution in [-0.2, 0) is 4.79 Å². The first-order chi connectivity index (χ1) is 11.5. The molecule has 0 saturated heterocycles. The number of aryl methyl sites for hydroxylation is 1. The fourth-order valence-corrected chi connectivity index (χ4v) is 2.63. The van der Waals surface area contributed by atoms with Crippen LogP contribution in [-0.4, -0.2) is 23.5 Å². The quantitative estimate of drug-likeness (QED) is 0.515. The monoisotopic (exact) mass is 427 g/mol. The number of benzene rings is 1. The lowest BCUT2D eigenvalue weighted by Crippen LogP contribution is -2.49. The topological polar surface area (TPSA) is 79.5 Å². The van der Waals surface area contributed by atoms with Gasteiger partial charge >= 0.3 is 0 Å². The van der Waals surface area contributed by atoms with E-state index in [-0.39, 0.29) is 17.6 Å². The van der Waals surface area contributed by atoms with Gasteiger partial charge in [-0.25, -0.2) is 0 Å². The lowest BCUT2D eigenvalue weighted by molar-refractivity contribution is -0.123. The van der Waals surface area contributed by atoms with Crippen LogP contribution >= 0.6 is 39.5 Å². The molecule has 3 N–H and O–H groups in total. The molecule has 0 radical (unpaired) electrons. The van der Waals surface area contributed by atoms with Crippen LogP contribution < -0.4 is 20.9 Å². The van der Waals surface area contributed by atoms with Gasteiger partial charge in [0.05, 0.1) is 4.88 Å². The number of thiocarbonyl (C=S) groups is 1. The summed E-state index contributed by atoms with van der Waals surface area (Å²) in [5.41, 5.74) is 5.81. The van der Waals surface area contributed by atoms with Gasteiger partial charge < -0.3 is 4.74 Å². The summed E-state index contributed by atoms with van der Waals surface area (Å²) < 4.78 is 6.34. The minimum absolute atomic E-state index is 0.00114. The Morgan fingerprint density at radius 3 is 2.75 bits per heavy atom. The minimum atomic E-state index is -0.428. The molecule has 9 heteroatoms. The molecule has 0 saturated carbocycles. The highest BCUT2D eigenvalue weighted by Gasteiger charge is 2.09. The van der Waals surface area contributed by atoms with Crippen molar-refractivity contribution in [1.29, 1.82) is 0 Å². The van der Waals surface area contributed by atoms with Crippen LogP contribution in [0.5, 0.6) is 5.75 Å². The molecule has 6 nitrogen and oxygen atoms in total. The minimum Gasteiger partial charge on any atom is -0.484 e. The van der Waals surface area contributed by atoms with E-state index < -0.39 is 5.91 Å². The van der Waals surface area contributed by atoms with Crippen LogP contribution in [0, 0.1) is 6.92 Å². The molecule has 0 atom stereocenters. The molecule has 0 fully saturated rings. The van der Waals surface area contributed by atoms with Crippen molar-refractivity contribution in [3.8, 4) is 5.75 Å². The summed E-state index contributed by atoms with van der Waals surface area (Å²) >= 11 is 9.62. The highest BCUT2D eigenvalue weighted by Crippen LogP contribution is 2.21. The average Bonchev–Trinajstić information content (AvgIpc) is 3.08. The Labute approximate surface area is 156 Å². The summed E-state index contributed by atoms with van der Waals surface area (Å²) in [6.45, 7) is 1.74. The Hall–Kier alpha value is -1.97. The maximum atomic E-state index is 11.8. The molecule has 0 spiro atoms. The summed E-state index contributed by atoms with van der Waals surface area (Å²) in [5.74, 6) is -0.180. The Balaban J connectivity index is 1.71. The molecule has 2 amide bonds. The second-order valence-corrected chi connectivity index (χ2v) is 6.84. The van der Waals surface area contributed by atoms with Gasteiger partial charge in [-0.05, 0) is 54.4 Å². The van der Waals surface area contributed by atoms with Crippen molar-refractivity contribution in [2.75, 3.05) is 6.61 Å². The fourth-order valence-electron chi connectivity index (χ4n) is 1.62. The van der Waals surface area contributed by atoms with Crippen LogP contribution in [0.25, 0.3) is 0 Å². The van der Waals surface area contributed by atoms with E-state index in [0.717, 1.165) is 10.0 Å². The molecule has 1 aromatic carbocycles. The second kappa shape index (κ2) is 8.76. The number of halogens is 1. The van der Waals surface area contributed by atoms with Crippen molar-refractivity contribution in [2.24, 2.45) is 0 Å². The number of hydrogen-bond donors (Lipinski definition) is 3. The largest absolute Gasteiger partial charge is 0.484 e. The van der Waals surface area contributed by atoms with E-state index in [1.165, 1.54) is 11.3 Å². The predicted molar refractivity (Wildman–Crippen MR) is 100 cm³/mol. The molecule has 0 aliphatic heterocycles. The Kier molecular flexibility index (Phi) is 6.71. The predicted octanol–water partition coefficient (Wildman–Crippen LogP) is 2.53. The molecule has 0 aliphatic carbocycles. The van der Waals surface area contributed by atoms with Gasteiger partial charge in [0.2, 0.25) is 0 Å². The van der Waals surface area contributed by atoms with Crippen LogP contribution in [0.4, 0.5) is 0 Å². The zero-order chi connectivity index (χ0) is 17.5. The maximum Gasteiger partial charge on any atom is 0.276 e. The standard InChI is InChI=1S/C15H14BrN3O3S2/c1-9-7-10(4-5-11(9)16)22-8-13(20)18-19-15(23)17-14(21)12-3-2-6-24-12/h2-7H,8H2,1H3,(H,18,20)(H2,17,19,21,23). The lowest BCUT2D eigenvalue weighted by atomic mass is 10.2. The van der Waals surface area contributed by atoms with E-state index >= 15 is 0 Å². The summed E-state index contributed by atoms with van der Waals surface area (Å²) in [7, 11) is 0. The summed E-state index contributed by atoms with van der Waals surface area (Å²) in [5, 5.41) is 4.24. The Morgan fingerprint density at radius 1 is 1.29 bits per heavy atom. The SMILES string of the molecule is Cc1cc(OCC(=O)NNC(=S)NC(=O)c2cccs2)ccc1Br. The summed E-state index contributed by atoms with van der Waals surface area (Å²) in [6.07, 6.45) is 0. The number of carbonyl (C=O) groups is 2. The highest BCUT2D eigenvalue weighted by molar-refractivity contribution is 9.10. The third-order valence-electron chi connectivity index (χ3n) is 2.79. The van der Waals surface area contributed by atoms with Crippen molar-refractivity contribution >= 4 is 56.4 Å². The molecule has 1 aromatic heterocycles. The number of amides is 2. The number of carbonyl (C=O) groups excluding carboxylic acids is 2. The molecule has 2 aromatic rings. The number of ether oxygens (including phenoxy) is 1. The molecule has 0 bridgehead atoms. The van der Waals surface area contributed by atoms with Gasteiger partial charge in [-0.2, -0.15) is 0 Å². The number of hydrogen-bond acceptors (Lipinski definition) is 5. The van der Waals surface area contributed by atoms with E-state index in [2.05, 4.69) is 32.1 Å². The molecule has 24 heavy (non-hydrogen) atoms. The van der Waals surface area contributed by atoms with Crippen molar-refractivity contribution in [1.82, 2.24) is 16.2 Å². The van der Waals surface area contributed by atoms with E-state index in [1.54, 1.807) is 23.6 Å². The molecular formula is C15H14BrN3O3S2. The van der Waals surface area contributed by atoms with Gasteiger partial charge in [0.15, 0.2) is 11.7 Å². The van der Waals surface area contributed by atoms with Crippen LogP contribution in [0.1, 0.15) is 15.2 Å². The molecule has 2 rings (SSSR count). The van der Waals surface area contributed by atoms with E-state index in [4.69, 9.17) is 17.0 Å². The zero-order valence-electron chi connectivity index (χ0n) is 12.6. The first-order valence-electron chi connectivity index (χ1n) is 6.78. The van der Waals surface area contributed by atoms with Gasteiger partial charge in [-0.3, -0.25) is 25.8 Å². The van der Waals surface area contributed by atoms with Crippen molar-refractivity contribution < 1.29 is 14.3 Å². The third-order valence-corrected chi connectivity index (χ3v) is 4.75. The van der Waals surface area contributed by atoms with Crippen LogP contribution in [0.2, 0.25) is 0 Å². The molecule has 1 heterocycles. The number of thiophene rings is 1. The zero-order valence-corrected chi connectivity index (χ0v) is 15.8. The lowest BCUT2D eigenvalue weighted by Gasteiger charge is -2.11. The Morgan fingerprint density at radius 2 is 2.08 bits per heavy atom. The molecule has 0 aliphatic rings. The third kappa shape index (κ3) is 5.59. The van der Waals surface area contributed by atoms with Crippen molar-refractivity contribution in [2.45, 2.75) is 6.92 Å². The molecule has 126 valence electrons. The van der Waals surface area contributed by atoms with E-state index in [0.29, 0.717) is 10.6 Å². The molecular weight excluding hydrogens is 414 g/mol. The first-order valence-corrected chi connectivity index (χ1v) is 8.86. The van der Waals surface area contributed by atoms with Gasteiger partial charge in [-0.1, -0.05) is 22.0 Å². The molecule has 0 unspecified atom stereocenters. The second-order valence-electron chi connectivity index (χ2n) is 4.63.